The van der Waals surface area contributed by atoms with Gasteiger partial charge in [-0.3, -0.25) is 4.79 Å². The fourth-order valence-electron chi connectivity index (χ4n) is 2.51. The van der Waals surface area contributed by atoms with Crippen molar-refractivity contribution in [3.05, 3.63) is 35.4 Å². The summed E-state index contributed by atoms with van der Waals surface area (Å²) in [6.07, 6.45) is 0.756. The highest BCUT2D eigenvalue weighted by molar-refractivity contribution is 5.68. The van der Waals surface area contributed by atoms with E-state index >= 15 is 0 Å². The molecule has 2 atom stereocenters. The zero-order valence-electron chi connectivity index (χ0n) is 12.9. The van der Waals surface area contributed by atoms with Crippen molar-refractivity contribution in [3.63, 3.8) is 0 Å². The van der Waals surface area contributed by atoms with Gasteiger partial charge in [-0.2, -0.15) is 0 Å². The Labute approximate surface area is 121 Å². The molecule has 0 bridgehead atoms. The molecular formula is C17H26O3. The molecule has 1 aromatic carbocycles. The molecule has 0 heterocycles. The summed E-state index contributed by atoms with van der Waals surface area (Å²) < 4.78 is 0. The number of carbonyl (C=O) groups is 1. The second-order valence-electron chi connectivity index (χ2n) is 6.86. The van der Waals surface area contributed by atoms with E-state index in [4.69, 9.17) is 5.11 Å². The lowest BCUT2D eigenvalue weighted by Gasteiger charge is -2.25. The van der Waals surface area contributed by atoms with Crippen LogP contribution in [0.5, 0.6) is 0 Å². The van der Waals surface area contributed by atoms with Crippen LogP contribution < -0.4 is 0 Å². The van der Waals surface area contributed by atoms with Crippen molar-refractivity contribution in [2.24, 2.45) is 5.41 Å². The summed E-state index contributed by atoms with van der Waals surface area (Å²) in [7, 11) is 0. The van der Waals surface area contributed by atoms with Gasteiger partial charge in [0.25, 0.3) is 0 Å². The minimum absolute atomic E-state index is 0.0421. The van der Waals surface area contributed by atoms with Gasteiger partial charge in [-0.25, -0.2) is 0 Å². The zero-order valence-corrected chi connectivity index (χ0v) is 12.9. The van der Waals surface area contributed by atoms with Crippen LogP contribution in [0.1, 0.15) is 57.1 Å². The molecule has 0 fully saturated rings. The summed E-state index contributed by atoms with van der Waals surface area (Å²) in [5.41, 5.74) is 2.18. The summed E-state index contributed by atoms with van der Waals surface area (Å²) >= 11 is 0. The monoisotopic (exact) mass is 278 g/mol. The highest BCUT2D eigenvalue weighted by Crippen LogP contribution is 2.30. The van der Waals surface area contributed by atoms with E-state index in [1.807, 2.05) is 31.2 Å². The molecule has 0 aromatic heterocycles. The van der Waals surface area contributed by atoms with Crippen molar-refractivity contribution in [1.29, 1.82) is 0 Å². The molecule has 3 heteroatoms. The standard InChI is InChI=1S/C17H26O3/c1-12-5-7-13(8-6-12)14(10-16(19)20)9-15(18)11-17(2,3)4/h5-8,14-15,18H,9-11H2,1-4H3,(H,19,20). The number of aliphatic carboxylic acids is 1. The van der Waals surface area contributed by atoms with E-state index in [-0.39, 0.29) is 17.8 Å². The number of aliphatic hydroxyl groups excluding tert-OH is 1. The van der Waals surface area contributed by atoms with Gasteiger partial charge in [0.2, 0.25) is 0 Å². The van der Waals surface area contributed by atoms with E-state index in [0.29, 0.717) is 12.8 Å². The molecule has 0 aliphatic rings. The maximum Gasteiger partial charge on any atom is 0.303 e. The Morgan fingerprint density at radius 3 is 2.20 bits per heavy atom. The van der Waals surface area contributed by atoms with Crippen LogP contribution in [0.3, 0.4) is 0 Å². The Hall–Kier alpha value is -1.35. The third kappa shape index (κ3) is 6.20. The molecule has 0 saturated heterocycles. The minimum Gasteiger partial charge on any atom is -0.481 e. The molecule has 0 saturated carbocycles. The SMILES string of the molecule is Cc1ccc(C(CC(=O)O)CC(O)CC(C)(C)C)cc1. The van der Waals surface area contributed by atoms with Crippen LogP contribution in [0.15, 0.2) is 24.3 Å². The first-order valence-electron chi connectivity index (χ1n) is 7.14. The molecule has 2 unspecified atom stereocenters. The van der Waals surface area contributed by atoms with Gasteiger partial charge in [0, 0.05) is 0 Å². The maximum atomic E-state index is 11.0. The number of aryl methyl sites for hydroxylation is 1. The van der Waals surface area contributed by atoms with E-state index in [1.165, 1.54) is 0 Å². The molecule has 0 aliphatic carbocycles. The molecule has 20 heavy (non-hydrogen) atoms. The fourth-order valence-corrected chi connectivity index (χ4v) is 2.51. The predicted molar refractivity (Wildman–Crippen MR) is 80.9 cm³/mol. The van der Waals surface area contributed by atoms with E-state index in [0.717, 1.165) is 11.1 Å². The minimum atomic E-state index is -0.821. The lowest BCUT2D eigenvalue weighted by Crippen LogP contribution is -2.21. The topological polar surface area (TPSA) is 57.5 Å². The second kappa shape index (κ2) is 6.89. The van der Waals surface area contributed by atoms with Crippen LogP contribution in [-0.2, 0) is 4.79 Å². The number of aliphatic hydroxyl groups is 1. The van der Waals surface area contributed by atoms with Crippen LogP contribution >= 0.6 is 0 Å². The largest absolute Gasteiger partial charge is 0.481 e. The summed E-state index contributed by atoms with van der Waals surface area (Å²) in [5.74, 6) is -0.955. The van der Waals surface area contributed by atoms with Crippen LogP contribution in [0.4, 0.5) is 0 Å². The number of benzene rings is 1. The van der Waals surface area contributed by atoms with Gasteiger partial charge in [-0.05, 0) is 36.7 Å². The summed E-state index contributed by atoms with van der Waals surface area (Å²) in [5, 5.41) is 19.3. The van der Waals surface area contributed by atoms with Crippen LogP contribution in [0.25, 0.3) is 0 Å². The summed E-state index contributed by atoms with van der Waals surface area (Å²) in [6.45, 7) is 8.24. The molecular weight excluding hydrogens is 252 g/mol. The van der Waals surface area contributed by atoms with Gasteiger partial charge in [-0.15, -0.1) is 0 Å². The summed E-state index contributed by atoms with van der Waals surface area (Å²) in [4.78, 5) is 11.0. The van der Waals surface area contributed by atoms with Gasteiger partial charge in [0.15, 0.2) is 0 Å². The molecule has 1 rings (SSSR count). The maximum absolute atomic E-state index is 11.0. The van der Waals surface area contributed by atoms with Crippen LogP contribution in [0, 0.1) is 12.3 Å². The molecule has 1 aromatic rings. The third-order valence-corrected chi connectivity index (χ3v) is 3.37. The first-order chi connectivity index (χ1) is 9.17. The fraction of sp³-hybridized carbons (Fsp3) is 0.588. The number of hydrogen-bond donors (Lipinski definition) is 2. The Balaban J connectivity index is 2.79. The molecule has 2 N–H and O–H groups in total. The first kappa shape index (κ1) is 16.7. The van der Waals surface area contributed by atoms with Crippen LogP contribution in [0.2, 0.25) is 0 Å². The van der Waals surface area contributed by atoms with E-state index in [9.17, 15) is 9.90 Å². The van der Waals surface area contributed by atoms with Gasteiger partial charge in [0.1, 0.15) is 0 Å². The molecule has 0 amide bonds. The Kier molecular flexibility index (Phi) is 5.75. The Morgan fingerprint density at radius 2 is 1.75 bits per heavy atom. The van der Waals surface area contributed by atoms with Crippen molar-refractivity contribution < 1.29 is 15.0 Å². The second-order valence-corrected chi connectivity index (χ2v) is 6.86. The normalized spacial score (nSPS) is 14.8. The third-order valence-electron chi connectivity index (χ3n) is 3.37. The molecule has 0 aliphatic heterocycles. The molecule has 112 valence electrons. The molecule has 0 spiro atoms. The van der Waals surface area contributed by atoms with Crippen molar-refractivity contribution in [1.82, 2.24) is 0 Å². The Bertz CT molecular complexity index is 429. The summed E-state index contributed by atoms with van der Waals surface area (Å²) in [6, 6.07) is 7.90. The van der Waals surface area contributed by atoms with Crippen molar-refractivity contribution in [2.45, 2.75) is 59.0 Å². The number of rotatable bonds is 6. The first-order valence-corrected chi connectivity index (χ1v) is 7.14. The van der Waals surface area contributed by atoms with Crippen LogP contribution in [-0.4, -0.2) is 22.3 Å². The van der Waals surface area contributed by atoms with Gasteiger partial charge in [-0.1, -0.05) is 50.6 Å². The predicted octanol–water partition coefficient (Wildman–Crippen LogP) is 3.74. The average Bonchev–Trinajstić information content (AvgIpc) is 2.25. The number of carboxylic acids is 1. The van der Waals surface area contributed by atoms with Gasteiger partial charge < -0.3 is 10.2 Å². The van der Waals surface area contributed by atoms with Crippen molar-refractivity contribution in [3.8, 4) is 0 Å². The Morgan fingerprint density at radius 1 is 1.20 bits per heavy atom. The lowest BCUT2D eigenvalue weighted by atomic mass is 9.83. The lowest BCUT2D eigenvalue weighted by molar-refractivity contribution is -0.137. The number of carboxylic acid groups (broad SMARTS) is 1. The van der Waals surface area contributed by atoms with Gasteiger partial charge >= 0.3 is 5.97 Å². The van der Waals surface area contributed by atoms with Gasteiger partial charge in [0.05, 0.1) is 12.5 Å². The molecule has 3 nitrogen and oxygen atoms in total. The van der Waals surface area contributed by atoms with Crippen molar-refractivity contribution in [2.75, 3.05) is 0 Å². The van der Waals surface area contributed by atoms with Crippen molar-refractivity contribution >= 4 is 5.97 Å². The number of hydrogen-bond acceptors (Lipinski definition) is 2. The quantitative estimate of drug-likeness (QED) is 0.833. The zero-order chi connectivity index (χ0) is 15.3. The highest BCUT2D eigenvalue weighted by atomic mass is 16.4. The van der Waals surface area contributed by atoms with E-state index in [2.05, 4.69) is 20.8 Å². The smallest absolute Gasteiger partial charge is 0.303 e. The molecule has 0 radical (unpaired) electrons. The van der Waals surface area contributed by atoms with E-state index in [1.54, 1.807) is 0 Å². The van der Waals surface area contributed by atoms with E-state index < -0.39 is 12.1 Å². The highest BCUT2D eigenvalue weighted by Gasteiger charge is 2.23. The average molecular weight is 278 g/mol.